The Bertz CT molecular complexity index is 1520. The van der Waals surface area contributed by atoms with Gasteiger partial charge in [0.15, 0.2) is 0 Å². The summed E-state index contributed by atoms with van der Waals surface area (Å²) < 4.78 is 70.8. The van der Waals surface area contributed by atoms with Gasteiger partial charge in [0.1, 0.15) is 0 Å². The van der Waals surface area contributed by atoms with E-state index in [1.54, 1.807) is 31.9 Å². The van der Waals surface area contributed by atoms with Crippen LogP contribution < -0.4 is 0 Å². The smallest absolute Gasteiger partial charge is 0.0964 e. The molecule has 0 fully saturated rings. The molecule has 0 atom stereocenters. The molecular weight excluding hydrogens is 908 g/mol. The van der Waals surface area contributed by atoms with Gasteiger partial charge < -0.3 is 10.7 Å². The van der Waals surface area contributed by atoms with Gasteiger partial charge >= 0.3 is 58.3 Å². The molecule has 0 bridgehead atoms. The van der Waals surface area contributed by atoms with Crippen molar-refractivity contribution in [3.05, 3.63) is 104 Å². The summed E-state index contributed by atoms with van der Waals surface area (Å²) in [4.78, 5) is 17.4. The minimum absolute atomic E-state index is 0. The number of ether oxygens (including phenoxy) is 1. The summed E-state index contributed by atoms with van der Waals surface area (Å²) in [6.45, 7) is 4.98. The molecule has 17 heteroatoms. The molecule has 0 aliphatic rings. The minimum atomic E-state index is -3.67. The van der Waals surface area contributed by atoms with E-state index in [4.69, 9.17) is 8.57 Å². The topological polar surface area (TPSA) is 77.9 Å². The molecule has 6 aromatic rings. The standard InChI is InChI=1S/2C12H8N2.C5H12O.C4H9.2CHF3.2CH4.2ClH.3Cu.O/c2*1-3-9-5-6-10-4-2-8-14-12(10)11(9)13-7-1;1-5(2,3)6-4;1-4(2)3;2*2-1(3)4;;;;;;;;/h2*1-8H;1-4H3;1-3H3;2*1H;2*1H4;2*1H;;;;/q;;;-1;;;;;;;;;+1;/p-1. The molecule has 0 N–H and O–H groups in total. The van der Waals surface area contributed by atoms with Gasteiger partial charge in [-0.05, 0) is 45.0 Å². The van der Waals surface area contributed by atoms with E-state index in [-0.39, 0.29) is 49.9 Å². The molecule has 0 saturated carbocycles. The average molecular weight is 956 g/mol. The van der Waals surface area contributed by atoms with Crippen LogP contribution >= 0.6 is 22.5 Å². The molecule has 0 aliphatic carbocycles. The van der Waals surface area contributed by atoms with Crippen molar-refractivity contribution in [2.75, 3.05) is 7.11 Å². The van der Waals surface area contributed by atoms with Crippen LogP contribution in [0.3, 0.4) is 0 Å². The first-order valence-corrected chi connectivity index (χ1v) is 15.9. The number of aromatic nitrogens is 4. The van der Waals surface area contributed by atoms with Crippen molar-refractivity contribution in [1.82, 2.24) is 19.9 Å². The van der Waals surface area contributed by atoms with Crippen LogP contribution in [-0.4, -0.2) is 46.0 Å². The molecule has 0 amide bonds. The largest absolute Gasteiger partial charge is 0.254 e. The molecule has 6 rings (SSSR count). The van der Waals surface area contributed by atoms with Crippen molar-refractivity contribution >= 4 is 66.1 Å². The monoisotopic (exact) mass is 953 g/mol. The van der Waals surface area contributed by atoms with Gasteiger partial charge in [-0.1, -0.05) is 63.4 Å². The molecule has 0 aliphatic heterocycles. The van der Waals surface area contributed by atoms with Gasteiger partial charge in [0.05, 0.1) is 27.7 Å². The van der Waals surface area contributed by atoms with E-state index in [1.165, 1.54) is 5.92 Å². The fraction of sp³-hybridized carbons (Fsp3) is 0.324. The summed E-state index contributed by atoms with van der Waals surface area (Å²) in [5, 5.41) is 4.55. The summed E-state index contributed by atoms with van der Waals surface area (Å²) in [6, 6.07) is 24.3. The molecule has 4 heterocycles. The normalized spacial score (nSPS) is 9.20. The van der Waals surface area contributed by atoms with Crippen molar-refractivity contribution < 1.29 is 83.0 Å². The van der Waals surface area contributed by atoms with Gasteiger partial charge in [-0.3, -0.25) is 19.9 Å². The van der Waals surface area contributed by atoms with E-state index in [9.17, 15) is 26.3 Å². The molecule has 0 unspecified atom stereocenters. The van der Waals surface area contributed by atoms with Gasteiger partial charge in [-0.15, -0.1) is 12.4 Å². The van der Waals surface area contributed by atoms with Gasteiger partial charge in [0.25, 0.3) is 0 Å². The molecule has 2 aromatic carbocycles. The third kappa shape index (κ3) is 29.9. The first kappa shape index (κ1) is 63.5. The Hall–Kier alpha value is -2.44. The summed E-state index contributed by atoms with van der Waals surface area (Å²) >= 11 is 6.60. The average Bonchev–Trinajstić information content (AvgIpc) is 3.09. The Morgan fingerprint density at radius 1 is 0.574 bits per heavy atom. The number of nitrogens with zero attached hydrogens (tertiary/aromatic N) is 4. The van der Waals surface area contributed by atoms with E-state index in [1.807, 2.05) is 45.0 Å². The molecular formula is C37H48Cl2Cu3F6N4O2-. The van der Waals surface area contributed by atoms with E-state index >= 15 is 0 Å². The zero-order chi connectivity index (χ0) is 38.7. The van der Waals surface area contributed by atoms with Gasteiger partial charge in [-0.2, -0.15) is 47.1 Å². The van der Waals surface area contributed by atoms with Crippen molar-refractivity contribution in [1.29, 1.82) is 0 Å². The number of methoxy groups -OCH3 is 1. The maximum atomic E-state index is 9.67. The second-order valence-corrected chi connectivity index (χ2v) is 10.7. The van der Waals surface area contributed by atoms with Crippen LogP contribution in [0.15, 0.2) is 97.6 Å². The Morgan fingerprint density at radius 2 is 0.722 bits per heavy atom. The van der Waals surface area contributed by atoms with Crippen LogP contribution in [0.25, 0.3) is 43.6 Å². The number of halogens is 8. The number of pyridine rings is 4. The third-order valence-corrected chi connectivity index (χ3v) is 5.30. The zero-order valence-electron chi connectivity index (χ0n) is 29.0. The maximum Gasteiger partial charge on any atom is 0.0964 e. The first-order chi connectivity index (χ1) is 23.7. The van der Waals surface area contributed by atoms with Gasteiger partial charge in [0.2, 0.25) is 0 Å². The molecule has 6 nitrogen and oxygen atoms in total. The van der Waals surface area contributed by atoms with Crippen LogP contribution in [0, 0.1) is 5.92 Å². The number of benzene rings is 2. The fourth-order valence-electron chi connectivity index (χ4n) is 3.36. The van der Waals surface area contributed by atoms with Crippen molar-refractivity contribution in [2.24, 2.45) is 0 Å². The Kier molecular flexibility index (Phi) is 44.1. The van der Waals surface area contributed by atoms with Crippen molar-refractivity contribution in [3.8, 4) is 0 Å². The second kappa shape index (κ2) is 37.5. The molecule has 0 spiro atoms. The van der Waals surface area contributed by atoms with Crippen molar-refractivity contribution in [2.45, 2.75) is 75.4 Å². The van der Waals surface area contributed by atoms with Crippen LogP contribution in [0.1, 0.15) is 56.4 Å². The van der Waals surface area contributed by atoms with Gasteiger partial charge in [0, 0.05) is 70.5 Å². The summed E-state index contributed by atoms with van der Waals surface area (Å²) in [6.07, 6.45) is 7.21. The predicted molar refractivity (Wildman–Crippen MR) is 203 cm³/mol. The van der Waals surface area contributed by atoms with E-state index < -0.39 is 13.4 Å². The molecule has 54 heavy (non-hydrogen) atoms. The number of fused-ring (bicyclic) bond motifs is 6. The Morgan fingerprint density at radius 3 is 0.852 bits per heavy atom. The summed E-state index contributed by atoms with van der Waals surface area (Å²) in [7, 11) is 5.91. The number of hydrogen-bond donors (Lipinski definition) is 0. The van der Waals surface area contributed by atoms with E-state index in [0.717, 1.165) is 43.6 Å². The molecule has 0 saturated heterocycles. The first-order valence-electron chi connectivity index (χ1n) is 14.2. The van der Waals surface area contributed by atoms with Crippen LogP contribution in [0.2, 0.25) is 0 Å². The van der Waals surface area contributed by atoms with Crippen LogP contribution in [0.5, 0.6) is 0 Å². The van der Waals surface area contributed by atoms with Crippen molar-refractivity contribution in [3.63, 3.8) is 0 Å². The third-order valence-electron chi connectivity index (χ3n) is 5.30. The SMILES string of the molecule is C.C.COC(C)(C)C.C[C-](C)C.Cl.FC(F)F.FC(F)F.[Cl][Cu].[Cu].[O]=[Cu].c1cnc2c(c1)ccc1cccnc12.c1cnc2c(c1)ccc1cccnc12. The summed E-state index contributed by atoms with van der Waals surface area (Å²) in [5.41, 5.74) is 3.95. The Labute approximate surface area is 353 Å². The second-order valence-electron chi connectivity index (χ2n) is 10.7. The summed E-state index contributed by atoms with van der Waals surface area (Å²) in [5.74, 6) is 1.42. The van der Waals surface area contributed by atoms with Gasteiger partial charge in [-0.25, -0.2) is 0 Å². The number of alkyl halides is 6. The minimum Gasteiger partial charge on any atom is -0.254 e. The van der Waals surface area contributed by atoms with Crippen LogP contribution in [0.4, 0.5) is 26.3 Å². The van der Waals surface area contributed by atoms with Crippen LogP contribution in [-0.2, 0) is 56.7 Å². The molecule has 4 aromatic heterocycles. The maximum absolute atomic E-state index is 9.67. The number of hydrogen-bond acceptors (Lipinski definition) is 6. The fourth-order valence-corrected chi connectivity index (χ4v) is 3.36. The number of rotatable bonds is 0. The predicted octanol–water partition coefficient (Wildman–Crippen LogP) is 13.2. The Balaban J connectivity index is -0.000000135. The van der Waals surface area contributed by atoms with E-state index in [2.05, 4.69) is 130 Å². The molecule has 318 valence electrons. The molecule has 1 radical (unpaired) electrons. The zero-order valence-corrected chi connectivity index (χ0v) is 33.4. The quantitative estimate of drug-likeness (QED) is 0.0653. The van der Waals surface area contributed by atoms with E-state index in [0.29, 0.717) is 0 Å².